The van der Waals surface area contributed by atoms with E-state index in [1.165, 1.54) is 12.6 Å². The maximum atomic E-state index is 13.6. The SMILES string of the molecule is CCC[C@@H]1CCc2ccccc2CN1C(=O)CN1C(=O)O[C@]2(CCc3cc(NC(=O)NC)ccc32)C1=O. The Morgan fingerprint density at radius 3 is 2.62 bits per heavy atom. The van der Waals surface area contributed by atoms with E-state index >= 15 is 0 Å². The first-order valence-electron chi connectivity index (χ1n) is 12.9. The molecule has 37 heavy (non-hydrogen) atoms. The molecule has 2 N–H and O–H groups in total. The molecule has 1 spiro atoms. The van der Waals surface area contributed by atoms with Crippen LogP contribution < -0.4 is 10.6 Å². The molecule has 5 amide bonds. The Morgan fingerprint density at radius 1 is 1.08 bits per heavy atom. The van der Waals surface area contributed by atoms with Crippen molar-refractivity contribution in [1.29, 1.82) is 0 Å². The zero-order chi connectivity index (χ0) is 26.2. The molecule has 9 nitrogen and oxygen atoms in total. The molecule has 0 unspecified atom stereocenters. The molecule has 2 heterocycles. The Bertz CT molecular complexity index is 1260. The first kappa shape index (κ1) is 24.8. The third-order valence-corrected chi connectivity index (χ3v) is 7.73. The minimum Gasteiger partial charge on any atom is -0.427 e. The number of hydrogen-bond acceptors (Lipinski definition) is 5. The lowest BCUT2D eigenvalue weighted by Gasteiger charge is -2.31. The Morgan fingerprint density at radius 2 is 1.86 bits per heavy atom. The van der Waals surface area contributed by atoms with E-state index in [9.17, 15) is 19.2 Å². The molecule has 5 rings (SSSR count). The molecule has 2 aromatic carbocycles. The van der Waals surface area contributed by atoms with Crippen LogP contribution >= 0.6 is 0 Å². The summed E-state index contributed by atoms with van der Waals surface area (Å²) in [5.41, 5.74) is 2.94. The number of urea groups is 1. The quantitative estimate of drug-likeness (QED) is 0.646. The van der Waals surface area contributed by atoms with Gasteiger partial charge in [0.2, 0.25) is 11.5 Å². The van der Waals surface area contributed by atoms with Crippen LogP contribution in [0.2, 0.25) is 0 Å². The fraction of sp³-hybridized carbons (Fsp3) is 0.429. The largest absolute Gasteiger partial charge is 0.427 e. The molecule has 9 heteroatoms. The number of amides is 5. The van der Waals surface area contributed by atoms with Crippen LogP contribution in [0.3, 0.4) is 0 Å². The Kier molecular flexibility index (Phi) is 6.62. The van der Waals surface area contributed by atoms with Crippen LogP contribution in [-0.4, -0.2) is 53.4 Å². The second-order valence-electron chi connectivity index (χ2n) is 9.93. The van der Waals surface area contributed by atoms with E-state index in [1.807, 2.05) is 23.1 Å². The zero-order valence-electron chi connectivity index (χ0n) is 21.2. The summed E-state index contributed by atoms with van der Waals surface area (Å²) in [6, 6.07) is 13.0. The number of aryl methyl sites for hydroxylation is 2. The van der Waals surface area contributed by atoms with Crippen molar-refractivity contribution >= 4 is 29.6 Å². The summed E-state index contributed by atoms with van der Waals surface area (Å²) in [6.45, 7) is 2.22. The molecule has 2 atom stereocenters. The molecule has 1 fully saturated rings. The van der Waals surface area contributed by atoms with Gasteiger partial charge in [-0.15, -0.1) is 0 Å². The summed E-state index contributed by atoms with van der Waals surface area (Å²) in [5.74, 6) is -0.750. The van der Waals surface area contributed by atoms with Crippen molar-refractivity contribution in [1.82, 2.24) is 15.1 Å². The van der Waals surface area contributed by atoms with E-state index in [0.717, 1.165) is 41.7 Å². The highest BCUT2D eigenvalue weighted by molar-refractivity contribution is 6.06. The van der Waals surface area contributed by atoms with Gasteiger partial charge in [-0.1, -0.05) is 43.7 Å². The maximum Gasteiger partial charge on any atom is 0.418 e. The van der Waals surface area contributed by atoms with Gasteiger partial charge in [-0.25, -0.2) is 14.5 Å². The molecular formula is C28H32N4O5. The van der Waals surface area contributed by atoms with Crippen molar-refractivity contribution in [2.75, 3.05) is 18.9 Å². The van der Waals surface area contributed by atoms with Crippen molar-refractivity contribution in [3.8, 4) is 0 Å². The van der Waals surface area contributed by atoms with Crippen LogP contribution in [0.5, 0.6) is 0 Å². The average Bonchev–Trinajstić information content (AvgIpc) is 3.28. The molecule has 0 bridgehead atoms. The number of hydrogen-bond donors (Lipinski definition) is 2. The van der Waals surface area contributed by atoms with Crippen LogP contribution in [0.1, 0.15) is 54.9 Å². The molecule has 194 valence electrons. The summed E-state index contributed by atoms with van der Waals surface area (Å²) >= 11 is 0. The number of anilines is 1. The molecule has 3 aliphatic rings. The predicted molar refractivity (Wildman–Crippen MR) is 137 cm³/mol. The molecule has 1 saturated heterocycles. The summed E-state index contributed by atoms with van der Waals surface area (Å²) < 4.78 is 5.71. The van der Waals surface area contributed by atoms with Crippen molar-refractivity contribution < 1.29 is 23.9 Å². The van der Waals surface area contributed by atoms with E-state index in [0.29, 0.717) is 30.6 Å². The standard InChI is InChI=1S/C28H32N4O5/c1-3-6-22-11-9-18-7-4-5-8-20(18)16-31(22)24(33)17-32-25(34)28(37-27(32)36)14-13-19-15-21(10-12-23(19)28)30-26(35)29-2/h4-5,7-8,10,12,15,22H,3,6,9,11,13-14,16-17H2,1-2H3,(H2,29,30,35)/t22-,28+/m1/s1. The van der Waals surface area contributed by atoms with Crippen molar-refractivity contribution in [3.05, 3.63) is 64.7 Å². The molecule has 2 aromatic rings. The van der Waals surface area contributed by atoms with E-state index in [4.69, 9.17) is 4.74 Å². The topological polar surface area (TPSA) is 108 Å². The van der Waals surface area contributed by atoms with Crippen molar-refractivity contribution in [2.24, 2.45) is 0 Å². The molecule has 0 aromatic heterocycles. The minimum atomic E-state index is -1.42. The van der Waals surface area contributed by atoms with Gasteiger partial charge in [-0.05, 0) is 54.5 Å². The van der Waals surface area contributed by atoms with Crippen LogP contribution in [0.15, 0.2) is 42.5 Å². The molecular weight excluding hydrogens is 472 g/mol. The molecule has 1 aliphatic carbocycles. The third kappa shape index (κ3) is 4.43. The van der Waals surface area contributed by atoms with Gasteiger partial charge in [0.1, 0.15) is 6.54 Å². The van der Waals surface area contributed by atoms with E-state index in [1.54, 1.807) is 18.2 Å². The third-order valence-electron chi connectivity index (χ3n) is 7.73. The minimum absolute atomic E-state index is 0.0473. The average molecular weight is 505 g/mol. The van der Waals surface area contributed by atoms with E-state index in [2.05, 4.69) is 23.6 Å². The number of carbonyl (C=O) groups is 4. The maximum absolute atomic E-state index is 13.6. The highest BCUT2D eigenvalue weighted by Crippen LogP contribution is 2.46. The van der Waals surface area contributed by atoms with Crippen LogP contribution in [0.25, 0.3) is 0 Å². The van der Waals surface area contributed by atoms with Crippen molar-refractivity contribution in [3.63, 3.8) is 0 Å². The number of nitrogens with one attached hydrogen (secondary N) is 2. The zero-order valence-corrected chi connectivity index (χ0v) is 21.2. The van der Waals surface area contributed by atoms with Crippen LogP contribution in [0, 0.1) is 0 Å². The second kappa shape index (κ2) is 9.88. The fourth-order valence-corrected chi connectivity index (χ4v) is 5.82. The fourth-order valence-electron chi connectivity index (χ4n) is 5.82. The number of carbonyl (C=O) groups excluding carboxylic acids is 4. The Hall–Kier alpha value is -3.88. The number of benzene rings is 2. The molecule has 0 saturated carbocycles. The first-order valence-corrected chi connectivity index (χ1v) is 12.9. The summed E-state index contributed by atoms with van der Waals surface area (Å²) in [7, 11) is 1.53. The first-order chi connectivity index (χ1) is 17.9. The van der Waals surface area contributed by atoms with Crippen molar-refractivity contribution in [2.45, 2.75) is 63.6 Å². The van der Waals surface area contributed by atoms with E-state index < -0.39 is 17.6 Å². The van der Waals surface area contributed by atoms with E-state index in [-0.39, 0.29) is 24.5 Å². The van der Waals surface area contributed by atoms with Gasteiger partial charge in [-0.3, -0.25) is 9.59 Å². The van der Waals surface area contributed by atoms with Gasteiger partial charge in [0.05, 0.1) is 0 Å². The lowest BCUT2D eigenvalue weighted by atomic mass is 9.94. The van der Waals surface area contributed by atoms with Gasteiger partial charge in [0.25, 0.3) is 5.91 Å². The van der Waals surface area contributed by atoms with Gasteiger partial charge in [0.15, 0.2) is 0 Å². The highest BCUT2D eigenvalue weighted by atomic mass is 16.6. The molecule has 0 radical (unpaired) electrons. The van der Waals surface area contributed by atoms with Crippen LogP contribution in [0.4, 0.5) is 15.3 Å². The number of nitrogens with zero attached hydrogens (tertiary/aromatic N) is 2. The van der Waals surface area contributed by atoms with Gasteiger partial charge >= 0.3 is 12.1 Å². The number of ether oxygens (including phenoxy) is 1. The van der Waals surface area contributed by atoms with Gasteiger partial charge < -0.3 is 20.3 Å². The molecule has 2 aliphatic heterocycles. The number of fused-ring (bicyclic) bond motifs is 3. The summed E-state index contributed by atoms with van der Waals surface area (Å²) in [5, 5.41) is 5.21. The van der Waals surface area contributed by atoms with Crippen LogP contribution in [-0.2, 0) is 39.3 Å². The number of rotatable bonds is 5. The van der Waals surface area contributed by atoms with Gasteiger partial charge in [-0.2, -0.15) is 0 Å². The van der Waals surface area contributed by atoms with Gasteiger partial charge in [0, 0.05) is 37.3 Å². The summed E-state index contributed by atoms with van der Waals surface area (Å²) in [4.78, 5) is 54.6. The highest BCUT2D eigenvalue weighted by Gasteiger charge is 2.58. The lowest BCUT2D eigenvalue weighted by molar-refractivity contribution is -0.143. The number of imide groups is 1. The monoisotopic (exact) mass is 504 g/mol. The lowest BCUT2D eigenvalue weighted by Crippen LogP contribution is -2.47. The Balaban J connectivity index is 1.36. The smallest absolute Gasteiger partial charge is 0.418 e. The summed E-state index contributed by atoms with van der Waals surface area (Å²) in [6.07, 6.45) is 3.57. The normalized spacial score (nSPS) is 22.4. The second-order valence-corrected chi connectivity index (χ2v) is 9.93. The predicted octanol–water partition coefficient (Wildman–Crippen LogP) is 3.70. The Labute approximate surface area is 216 Å².